The van der Waals surface area contributed by atoms with Gasteiger partial charge in [0.2, 0.25) is 5.88 Å². The number of pyridine rings is 1. The number of nitrogens with zero attached hydrogens (tertiary/aromatic N) is 1. The van der Waals surface area contributed by atoms with Gasteiger partial charge in [-0.3, -0.25) is 0 Å². The smallest absolute Gasteiger partial charge is 0.218 e. The first kappa shape index (κ1) is 14.1. The lowest BCUT2D eigenvalue weighted by Gasteiger charge is -2.12. The molecule has 2 aromatic rings. The largest absolute Gasteiger partial charge is 0.469 e. The van der Waals surface area contributed by atoms with Crippen LogP contribution in [0.25, 0.3) is 0 Å². The molecule has 5 heteroatoms. The summed E-state index contributed by atoms with van der Waals surface area (Å²) in [5.41, 5.74) is 1.02. The molecule has 4 nitrogen and oxygen atoms in total. The van der Waals surface area contributed by atoms with Crippen LogP contribution in [-0.4, -0.2) is 11.0 Å². The van der Waals surface area contributed by atoms with Gasteiger partial charge in [-0.1, -0.05) is 13.8 Å². The summed E-state index contributed by atoms with van der Waals surface area (Å²) in [4.78, 5) is 4.30. The van der Waals surface area contributed by atoms with Crippen LogP contribution in [0, 0.1) is 0 Å². The lowest BCUT2D eigenvalue weighted by Crippen LogP contribution is -2.22. The second-order valence-corrected chi connectivity index (χ2v) is 5.44. The van der Waals surface area contributed by atoms with E-state index >= 15 is 0 Å². The molecule has 0 spiro atoms. The van der Waals surface area contributed by atoms with E-state index in [9.17, 15) is 0 Å². The number of ether oxygens (including phenoxy) is 1. The standard InChI is InChI=1S/C14H17BrN2O2/c1-10(2)16-7-11-6-12(15)8-17-14(11)19-9-13-4-3-5-18-13/h3-6,8,10,16H,7,9H2,1-2H3. The van der Waals surface area contributed by atoms with Crippen molar-refractivity contribution in [2.75, 3.05) is 0 Å². The molecule has 102 valence electrons. The first-order valence-electron chi connectivity index (χ1n) is 6.18. The predicted molar refractivity (Wildman–Crippen MR) is 77.0 cm³/mol. The Morgan fingerprint density at radius 3 is 3.00 bits per heavy atom. The molecule has 0 aliphatic carbocycles. The number of nitrogens with one attached hydrogen (secondary N) is 1. The second-order valence-electron chi connectivity index (χ2n) is 4.52. The molecule has 2 aromatic heterocycles. The average Bonchev–Trinajstić information content (AvgIpc) is 2.88. The van der Waals surface area contributed by atoms with Crippen molar-refractivity contribution in [3.63, 3.8) is 0 Å². The predicted octanol–water partition coefficient (Wildman–Crippen LogP) is 3.51. The van der Waals surface area contributed by atoms with Crippen molar-refractivity contribution in [2.45, 2.75) is 33.0 Å². The summed E-state index contributed by atoms with van der Waals surface area (Å²) in [5, 5.41) is 3.36. The van der Waals surface area contributed by atoms with E-state index in [-0.39, 0.29) is 0 Å². The van der Waals surface area contributed by atoms with Gasteiger partial charge >= 0.3 is 0 Å². The fourth-order valence-corrected chi connectivity index (χ4v) is 1.95. The lowest BCUT2D eigenvalue weighted by molar-refractivity contribution is 0.257. The molecule has 1 N–H and O–H groups in total. The van der Waals surface area contributed by atoms with Gasteiger partial charge in [-0.05, 0) is 34.1 Å². The number of rotatable bonds is 6. The number of hydrogen-bond acceptors (Lipinski definition) is 4. The molecule has 0 saturated heterocycles. The number of hydrogen-bond donors (Lipinski definition) is 1. The molecule has 0 saturated carbocycles. The van der Waals surface area contributed by atoms with E-state index in [4.69, 9.17) is 9.15 Å². The molecule has 0 atom stereocenters. The Hall–Kier alpha value is -1.33. The monoisotopic (exact) mass is 324 g/mol. The minimum absolute atomic E-state index is 0.385. The molecule has 0 aliphatic rings. The van der Waals surface area contributed by atoms with E-state index in [1.54, 1.807) is 12.5 Å². The summed E-state index contributed by atoms with van der Waals surface area (Å²) < 4.78 is 11.9. The number of furan rings is 1. The summed E-state index contributed by atoms with van der Waals surface area (Å²) in [5.74, 6) is 1.42. The van der Waals surface area contributed by atoms with E-state index < -0.39 is 0 Å². The zero-order chi connectivity index (χ0) is 13.7. The molecule has 19 heavy (non-hydrogen) atoms. The van der Waals surface area contributed by atoms with Gasteiger partial charge in [-0.25, -0.2) is 4.98 Å². The van der Waals surface area contributed by atoms with Gasteiger partial charge in [-0.15, -0.1) is 0 Å². The molecular formula is C14H17BrN2O2. The number of aromatic nitrogens is 1. The first-order valence-corrected chi connectivity index (χ1v) is 6.97. The third kappa shape index (κ3) is 4.36. The Bertz CT molecular complexity index is 512. The van der Waals surface area contributed by atoms with E-state index in [1.807, 2.05) is 18.2 Å². The van der Waals surface area contributed by atoms with Crippen LogP contribution in [0.2, 0.25) is 0 Å². The summed E-state index contributed by atoms with van der Waals surface area (Å²) in [6.07, 6.45) is 3.37. The maximum atomic E-state index is 5.70. The Balaban J connectivity index is 2.05. The highest BCUT2D eigenvalue weighted by atomic mass is 79.9. The topological polar surface area (TPSA) is 47.3 Å². The van der Waals surface area contributed by atoms with Crippen molar-refractivity contribution in [3.8, 4) is 5.88 Å². The van der Waals surface area contributed by atoms with Gasteiger partial charge < -0.3 is 14.5 Å². The van der Waals surface area contributed by atoms with Crippen molar-refractivity contribution >= 4 is 15.9 Å². The minimum Gasteiger partial charge on any atom is -0.469 e. The highest BCUT2D eigenvalue weighted by molar-refractivity contribution is 9.10. The van der Waals surface area contributed by atoms with Crippen LogP contribution >= 0.6 is 15.9 Å². The van der Waals surface area contributed by atoms with Crippen LogP contribution in [0.1, 0.15) is 25.2 Å². The summed E-state index contributed by atoms with van der Waals surface area (Å²) in [7, 11) is 0. The molecule has 2 heterocycles. The summed E-state index contributed by atoms with van der Waals surface area (Å²) >= 11 is 3.43. The fraction of sp³-hybridized carbons (Fsp3) is 0.357. The second kappa shape index (κ2) is 6.73. The minimum atomic E-state index is 0.385. The Morgan fingerprint density at radius 2 is 2.32 bits per heavy atom. The van der Waals surface area contributed by atoms with Crippen LogP contribution in [0.5, 0.6) is 5.88 Å². The van der Waals surface area contributed by atoms with Crippen molar-refractivity contribution in [1.29, 1.82) is 0 Å². The van der Waals surface area contributed by atoms with Crippen LogP contribution in [-0.2, 0) is 13.2 Å². The summed E-state index contributed by atoms with van der Waals surface area (Å²) in [6.45, 7) is 5.32. The average molecular weight is 325 g/mol. The molecule has 0 bridgehead atoms. The molecule has 0 unspecified atom stereocenters. The van der Waals surface area contributed by atoms with Gasteiger partial charge in [-0.2, -0.15) is 0 Å². The maximum Gasteiger partial charge on any atom is 0.218 e. The maximum absolute atomic E-state index is 5.70. The van der Waals surface area contributed by atoms with Crippen molar-refractivity contribution in [2.24, 2.45) is 0 Å². The molecular weight excluding hydrogens is 308 g/mol. The van der Waals surface area contributed by atoms with Gasteiger partial charge in [0.15, 0.2) is 0 Å². The number of halogens is 1. The lowest BCUT2D eigenvalue weighted by atomic mass is 10.2. The van der Waals surface area contributed by atoms with E-state index in [2.05, 4.69) is 40.1 Å². The molecule has 0 radical (unpaired) electrons. The van der Waals surface area contributed by atoms with Gasteiger partial charge in [0.05, 0.1) is 6.26 Å². The van der Waals surface area contributed by atoms with Crippen molar-refractivity contribution in [1.82, 2.24) is 10.3 Å². The first-order chi connectivity index (χ1) is 9.15. The molecule has 0 amide bonds. The van der Waals surface area contributed by atoms with E-state index in [1.165, 1.54) is 0 Å². The zero-order valence-corrected chi connectivity index (χ0v) is 12.6. The van der Waals surface area contributed by atoms with Crippen LogP contribution < -0.4 is 10.1 Å². The molecule has 0 fully saturated rings. The normalized spacial score (nSPS) is 10.9. The summed E-state index contributed by atoms with van der Waals surface area (Å²) in [6, 6.07) is 6.15. The van der Waals surface area contributed by atoms with Crippen LogP contribution in [0.3, 0.4) is 0 Å². The molecule has 0 aromatic carbocycles. The third-order valence-electron chi connectivity index (χ3n) is 2.52. The van der Waals surface area contributed by atoms with E-state index in [0.29, 0.717) is 18.5 Å². The Morgan fingerprint density at radius 1 is 1.47 bits per heavy atom. The Kier molecular flexibility index (Phi) is 4.99. The van der Waals surface area contributed by atoms with Crippen molar-refractivity contribution in [3.05, 3.63) is 46.5 Å². The van der Waals surface area contributed by atoms with E-state index in [0.717, 1.165) is 22.3 Å². The van der Waals surface area contributed by atoms with Crippen molar-refractivity contribution < 1.29 is 9.15 Å². The molecule has 0 aliphatic heterocycles. The zero-order valence-electron chi connectivity index (χ0n) is 11.0. The molecule has 2 rings (SSSR count). The quantitative estimate of drug-likeness (QED) is 0.883. The Labute approximate surface area is 121 Å². The fourth-order valence-electron chi connectivity index (χ4n) is 1.57. The highest BCUT2D eigenvalue weighted by Gasteiger charge is 2.08. The van der Waals surface area contributed by atoms with Gasteiger partial charge in [0.1, 0.15) is 12.4 Å². The van der Waals surface area contributed by atoms with Crippen LogP contribution in [0.4, 0.5) is 0 Å². The van der Waals surface area contributed by atoms with Crippen LogP contribution in [0.15, 0.2) is 39.5 Å². The highest BCUT2D eigenvalue weighted by Crippen LogP contribution is 2.21. The van der Waals surface area contributed by atoms with Gasteiger partial charge in [0.25, 0.3) is 0 Å². The SMILES string of the molecule is CC(C)NCc1cc(Br)cnc1OCc1ccco1. The van der Waals surface area contributed by atoms with Gasteiger partial charge in [0, 0.05) is 28.8 Å². The third-order valence-corrected chi connectivity index (χ3v) is 2.96.